The highest BCUT2D eigenvalue weighted by atomic mass is 32.7. The second-order valence-electron chi connectivity index (χ2n) is 20.7. The number of halogens is 2. The Balaban J connectivity index is 0.684. The van der Waals surface area contributed by atoms with Crippen molar-refractivity contribution < 1.29 is 64.5 Å². The molecule has 0 aliphatic carbocycles. The normalized spacial score (nSPS) is 25.4. The Morgan fingerprint density at radius 2 is 1.36 bits per heavy atom. The Bertz CT molecular complexity index is 4170. The fraction of sp³-hybridized carbons (Fsp3) is 0.309. The lowest BCUT2D eigenvalue weighted by molar-refractivity contribution is -0.118. The molecule has 4 aromatic carbocycles. The standard InChI is InChI=1S/C55H53BF2N14O12P2S/c1-2-7-40(73)69-22-32-8-3-4-9-35(32)46-43(36-10-5-6-11-37(36)69)67-68-72(46)20-21-77-33-18-14-31(15-19-33)55(74)80-34-16-12-30(13-17-34)25-87-86(76)79-24-39-47(41(57)53(82-39)70-28-65-44-49(59)61-26-63-51(44)70)83-85(56,75)78-23-38-48(84-86)42(58)54(81-38)71-29-66-45-50(60)62-27-64-52(45)71/h3-6,8-19,26-29,38-39,41-42,47-48,53-54H,2,7,20-25,56H2,1H3,(H2,59,61,63)(H2,60,62,64)/t38-,39-,41-,42-,47-,48-,53-,54-,85+,86+/m1/s1. The van der Waals surface area contributed by atoms with E-state index in [-0.39, 0.29) is 63.5 Å². The monoisotopic (exact) mass is 1240 g/mol. The lowest BCUT2D eigenvalue weighted by Gasteiger charge is -2.30. The molecule has 10 atom stereocenters. The van der Waals surface area contributed by atoms with Gasteiger partial charge in [-0.2, -0.15) is 0 Å². The van der Waals surface area contributed by atoms with Gasteiger partial charge in [-0.25, -0.2) is 52.7 Å². The van der Waals surface area contributed by atoms with Gasteiger partial charge in [-0.1, -0.05) is 66.7 Å². The van der Waals surface area contributed by atoms with Crippen LogP contribution in [0, 0.1) is 0 Å². The number of carbonyl (C=O) groups excluding carboxylic acids is 2. The molecule has 0 radical (unpaired) electrons. The van der Waals surface area contributed by atoms with Crippen LogP contribution in [0.15, 0.2) is 122 Å². The quantitative estimate of drug-likeness (QED) is 0.0482. The highest BCUT2D eigenvalue weighted by Gasteiger charge is 2.55. The first kappa shape index (κ1) is 58.0. The third-order valence-electron chi connectivity index (χ3n) is 15.0. The number of amides is 1. The van der Waals surface area contributed by atoms with Gasteiger partial charge in [-0.3, -0.25) is 27.5 Å². The van der Waals surface area contributed by atoms with Crippen molar-refractivity contribution in [1.82, 2.24) is 54.0 Å². The molecule has 4 aliphatic heterocycles. The van der Waals surface area contributed by atoms with Crippen molar-refractivity contribution >= 4 is 84.7 Å². The predicted molar refractivity (Wildman–Crippen MR) is 314 cm³/mol. The van der Waals surface area contributed by atoms with Crippen LogP contribution in [0.1, 0.15) is 53.7 Å². The van der Waals surface area contributed by atoms with Crippen molar-refractivity contribution in [2.24, 2.45) is 0 Å². The second-order valence-corrected chi connectivity index (χ2v) is 26.8. The number of hydrogen-bond donors (Lipinski definition) is 2. The van der Waals surface area contributed by atoms with Gasteiger partial charge in [0.15, 0.2) is 47.7 Å². The van der Waals surface area contributed by atoms with Gasteiger partial charge in [-0.15, -0.1) is 5.10 Å². The molecule has 87 heavy (non-hydrogen) atoms. The minimum absolute atomic E-state index is 0.0254. The molecule has 0 spiro atoms. The number of alkyl halides is 2. The number of fused-ring (bicyclic) bond motifs is 9. The summed E-state index contributed by atoms with van der Waals surface area (Å²) in [5, 5.41) is 9.18. The molecule has 448 valence electrons. The van der Waals surface area contributed by atoms with E-state index >= 15 is 13.3 Å². The van der Waals surface area contributed by atoms with Gasteiger partial charge >= 0.3 is 12.8 Å². The molecule has 3 fully saturated rings. The van der Waals surface area contributed by atoms with E-state index in [0.717, 1.165) is 42.1 Å². The number of aromatic nitrogens is 11. The summed E-state index contributed by atoms with van der Waals surface area (Å²) in [4.78, 5) is 53.4. The summed E-state index contributed by atoms with van der Waals surface area (Å²) in [7, 11) is -3.12. The molecule has 3 saturated heterocycles. The van der Waals surface area contributed by atoms with Crippen molar-refractivity contribution in [2.75, 3.05) is 36.2 Å². The van der Waals surface area contributed by atoms with E-state index < -0.39 is 82.7 Å². The van der Waals surface area contributed by atoms with Crippen LogP contribution in [0.4, 0.5) is 26.1 Å². The second kappa shape index (κ2) is 23.9. The van der Waals surface area contributed by atoms with Gasteiger partial charge < -0.3 is 44.4 Å². The van der Waals surface area contributed by atoms with Crippen LogP contribution in [-0.2, 0) is 60.3 Å². The van der Waals surface area contributed by atoms with E-state index in [1.54, 1.807) is 53.2 Å². The predicted octanol–water partition coefficient (Wildman–Crippen LogP) is 7.77. The lowest BCUT2D eigenvalue weighted by atomic mass is 9.95. The van der Waals surface area contributed by atoms with E-state index in [9.17, 15) is 14.2 Å². The molecule has 9 heterocycles. The number of anilines is 3. The fourth-order valence-corrected chi connectivity index (χ4v) is 15.4. The number of imidazole rings is 2. The van der Waals surface area contributed by atoms with Gasteiger partial charge in [0.05, 0.1) is 55.9 Å². The zero-order chi connectivity index (χ0) is 60.1. The third kappa shape index (κ3) is 11.5. The van der Waals surface area contributed by atoms with Crippen LogP contribution in [0.3, 0.4) is 0 Å². The van der Waals surface area contributed by atoms with E-state index in [4.69, 9.17) is 48.5 Å². The number of benzene rings is 4. The maximum absolute atomic E-state index is 17.1. The summed E-state index contributed by atoms with van der Waals surface area (Å²) >= 11 is 0.683. The van der Waals surface area contributed by atoms with E-state index in [1.165, 1.54) is 34.4 Å². The number of hydrogen-bond acceptors (Lipinski definition) is 23. The summed E-state index contributed by atoms with van der Waals surface area (Å²) in [6, 6.07) is 28.4. The van der Waals surface area contributed by atoms with Crippen LogP contribution in [0.5, 0.6) is 11.5 Å². The number of nitrogens with zero attached hydrogens (tertiary/aromatic N) is 12. The molecule has 13 rings (SSSR count). The largest absolute Gasteiger partial charge is 0.492 e. The van der Waals surface area contributed by atoms with Crippen LogP contribution in [0.25, 0.3) is 44.8 Å². The van der Waals surface area contributed by atoms with Crippen LogP contribution in [-0.4, -0.2) is 130 Å². The SMILES string of the molecule is B[P@]1(=O)OC[C@H]2O[C@@H](n3cnc4c(N)ncnc43)[C@H](F)[C@@H]2O[P@@](=O)(SCc2ccc(OC(=O)c3ccc(OCCn4nnc5c4-c4ccccc4CN(C(=O)CCC)c4ccccc4-5)cc3)cc2)OC[C@H]2O[C@@H](n3cnc4c(N)ncnc43)[C@H](F)[C@@H]2O1. The van der Waals surface area contributed by atoms with Gasteiger partial charge in [0, 0.05) is 23.3 Å². The summed E-state index contributed by atoms with van der Waals surface area (Å²) in [6.45, 7) is -2.99. The Hall–Kier alpha value is -8.05. The number of nitrogen functional groups attached to an aromatic ring is 2. The zero-order valence-corrected chi connectivity index (χ0v) is 48.9. The molecular formula is C55H53BF2N14O12P2S. The number of para-hydroxylation sites is 1. The Labute approximate surface area is 498 Å². The number of esters is 1. The Kier molecular flexibility index (Phi) is 15.9. The molecular weight excluding hydrogens is 1190 g/mol. The van der Waals surface area contributed by atoms with Crippen molar-refractivity contribution in [3.05, 3.63) is 139 Å². The third-order valence-corrected chi connectivity index (χ3v) is 19.9. The molecule has 1 amide bonds. The molecule has 5 aromatic heterocycles. The van der Waals surface area contributed by atoms with Crippen LogP contribution >= 0.6 is 25.7 Å². The lowest BCUT2D eigenvalue weighted by Crippen LogP contribution is -2.37. The summed E-state index contributed by atoms with van der Waals surface area (Å²) in [6.07, 6.45) is -7.39. The number of carbonyl (C=O) groups is 2. The minimum Gasteiger partial charge on any atom is -0.492 e. The van der Waals surface area contributed by atoms with Crippen molar-refractivity contribution in [3.63, 3.8) is 0 Å². The molecule has 9 aromatic rings. The topological polar surface area (TPSA) is 315 Å². The zero-order valence-electron chi connectivity index (χ0n) is 46.3. The first-order valence-electron chi connectivity index (χ1n) is 27.5. The average molecular weight is 1240 g/mol. The molecule has 0 bridgehead atoms. The highest BCUT2D eigenvalue weighted by Crippen LogP contribution is 2.65. The number of rotatable bonds is 13. The number of ether oxygens (including phenoxy) is 4. The van der Waals surface area contributed by atoms with Crippen molar-refractivity contribution in [2.45, 2.75) is 87.8 Å². The van der Waals surface area contributed by atoms with E-state index in [2.05, 4.69) is 40.2 Å². The maximum atomic E-state index is 17.1. The fourth-order valence-electron chi connectivity index (χ4n) is 10.8. The maximum Gasteiger partial charge on any atom is 0.389 e. The summed E-state index contributed by atoms with van der Waals surface area (Å²) in [5.74, 6) is 0.0491. The first-order valence-corrected chi connectivity index (χ1v) is 32.6. The van der Waals surface area contributed by atoms with Gasteiger partial charge in [-0.05, 0) is 71.4 Å². The molecule has 4 N–H and O–H groups in total. The molecule has 0 saturated carbocycles. The first-order chi connectivity index (χ1) is 42.1. The number of nitrogens with two attached hydrogens (primary N) is 2. The average Bonchev–Trinajstić information content (AvgIpc) is 1.77. The van der Waals surface area contributed by atoms with Gasteiger partial charge in [0.1, 0.15) is 71.9 Å². The van der Waals surface area contributed by atoms with Gasteiger partial charge in [0.2, 0.25) is 5.91 Å². The molecule has 32 heteroatoms. The smallest absolute Gasteiger partial charge is 0.389 e. The van der Waals surface area contributed by atoms with E-state index in [0.29, 0.717) is 47.9 Å². The molecule has 26 nitrogen and oxygen atoms in total. The van der Waals surface area contributed by atoms with Crippen molar-refractivity contribution in [3.8, 4) is 34.0 Å². The van der Waals surface area contributed by atoms with Crippen LogP contribution in [0.2, 0.25) is 0 Å². The Morgan fingerprint density at radius 1 is 0.747 bits per heavy atom. The molecule has 4 aliphatic rings. The molecule has 0 unspecified atom stereocenters. The minimum atomic E-state index is -4.59. The van der Waals surface area contributed by atoms with Crippen LogP contribution < -0.4 is 25.8 Å². The highest BCUT2D eigenvalue weighted by molar-refractivity contribution is 8.54. The van der Waals surface area contributed by atoms with Crippen molar-refractivity contribution in [1.29, 1.82) is 0 Å². The summed E-state index contributed by atoms with van der Waals surface area (Å²) in [5.41, 5.74) is 18.3. The van der Waals surface area contributed by atoms with Gasteiger partial charge in [0.25, 0.3) is 15.0 Å². The summed E-state index contributed by atoms with van der Waals surface area (Å²) < 4.78 is 116. The van der Waals surface area contributed by atoms with E-state index in [1.807, 2.05) is 60.4 Å². The Morgan fingerprint density at radius 3 is 2.02 bits per heavy atom.